The van der Waals surface area contributed by atoms with Crippen LogP contribution >= 0.6 is 11.3 Å². The highest BCUT2D eigenvalue weighted by Crippen LogP contribution is 2.25. The molecule has 1 aromatic rings. The van der Waals surface area contributed by atoms with E-state index in [9.17, 15) is 9.59 Å². The highest BCUT2D eigenvalue weighted by atomic mass is 32.1. The predicted octanol–water partition coefficient (Wildman–Crippen LogP) is 1.21. The number of ether oxygens (including phenoxy) is 1. The van der Waals surface area contributed by atoms with Crippen LogP contribution in [-0.4, -0.2) is 78.6 Å². The maximum atomic E-state index is 12.5. The summed E-state index contributed by atoms with van der Waals surface area (Å²) in [5, 5.41) is 6.11. The lowest BCUT2D eigenvalue weighted by atomic mass is 10.1. The molecule has 150 valence electrons. The van der Waals surface area contributed by atoms with E-state index >= 15 is 0 Å². The van der Waals surface area contributed by atoms with E-state index in [2.05, 4.69) is 22.2 Å². The Labute approximate surface area is 165 Å². The van der Waals surface area contributed by atoms with Gasteiger partial charge in [-0.1, -0.05) is 0 Å². The molecular weight excluding hydrogens is 364 g/mol. The molecule has 1 N–H and O–H groups in total. The molecule has 8 heteroatoms. The van der Waals surface area contributed by atoms with Gasteiger partial charge in [0.1, 0.15) is 0 Å². The minimum atomic E-state index is 0.0712. The van der Waals surface area contributed by atoms with E-state index in [0.717, 1.165) is 23.5 Å². The van der Waals surface area contributed by atoms with Crippen LogP contribution in [0.5, 0.6) is 0 Å². The van der Waals surface area contributed by atoms with Crippen LogP contribution in [0.25, 0.3) is 0 Å². The van der Waals surface area contributed by atoms with E-state index in [0.29, 0.717) is 58.2 Å². The molecule has 7 nitrogen and oxygen atoms in total. The normalized spacial score (nSPS) is 23.6. The van der Waals surface area contributed by atoms with Gasteiger partial charge in [0.25, 0.3) is 0 Å². The van der Waals surface area contributed by atoms with Crippen LogP contribution in [0.1, 0.15) is 36.4 Å². The Hall–Kier alpha value is -1.51. The van der Waals surface area contributed by atoms with Crippen molar-refractivity contribution < 1.29 is 14.3 Å². The Balaban J connectivity index is 1.37. The Morgan fingerprint density at radius 2 is 2.04 bits per heavy atom. The number of rotatable bonds is 7. The van der Waals surface area contributed by atoms with Crippen molar-refractivity contribution in [1.82, 2.24) is 20.1 Å². The van der Waals surface area contributed by atoms with Crippen molar-refractivity contribution in [1.29, 1.82) is 0 Å². The summed E-state index contributed by atoms with van der Waals surface area (Å²) >= 11 is 1.62. The van der Waals surface area contributed by atoms with Crippen LogP contribution in [0.15, 0.2) is 5.38 Å². The number of nitrogens with zero attached hydrogens (tertiary/aromatic N) is 3. The predicted molar refractivity (Wildman–Crippen MR) is 105 cm³/mol. The third-order valence-electron chi connectivity index (χ3n) is 5.57. The number of morpholine rings is 1. The largest absolute Gasteiger partial charge is 0.378 e. The first kappa shape index (κ1) is 20.2. The maximum absolute atomic E-state index is 12.5. The van der Waals surface area contributed by atoms with E-state index in [1.807, 2.05) is 17.2 Å². The number of thiazole rings is 1. The zero-order valence-corrected chi connectivity index (χ0v) is 17.1. The van der Waals surface area contributed by atoms with Gasteiger partial charge >= 0.3 is 0 Å². The van der Waals surface area contributed by atoms with Crippen molar-refractivity contribution in [2.45, 2.75) is 51.1 Å². The average Bonchev–Trinajstić information content (AvgIpc) is 3.25. The van der Waals surface area contributed by atoms with Crippen molar-refractivity contribution in [3.63, 3.8) is 0 Å². The van der Waals surface area contributed by atoms with Crippen molar-refractivity contribution in [2.75, 3.05) is 39.9 Å². The summed E-state index contributed by atoms with van der Waals surface area (Å²) in [6.45, 7) is 5.31. The van der Waals surface area contributed by atoms with Gasteiger partial charge < -0.3 is 15.0 Å². The summed E-state index contributed by atoms with van der Waals surface area (Å²) in [6, 6.07) is 0.568. The number of aryl methyl sites for hydroxylation is 2. The molecule has 0 aliphatic carbocycles. The summed E-state index contributed by atoms with van der Waals surface area (Å²) in [6.07, 6.45) is 3.74. The number of carbonyl (C=O) groups excluding carboxylic acids is 2. The Kier molecular flexibility index (Phi) is 7.20. The quantitative estimate of drug-likeness (QED) is 0.753. The van der Waals surface area contributed by atoms with Gasteiger partial charge in [-0.3, -0.25) is 14.5 Å². The van der Waals surface area contributed by atoms with Crippen LogP contribution in [0.3, 0.4) is 0 Å². The van der Waals surface area contributed by atoms with Crippen molar-refractivity contribution in [2.24, 2.45) is 0 Å². The molecule has 2 aliphatic rings. The lowest BCUT2D eigenvalue weighted by Crippen LogP contribution is -2.45. The van der Waals surface area contributed by atoms with Crippen LogP contribution in [0.4, 0.5) is 0 Å². The van der Waals surface area contributed by atoms with Crippen LogP contribution in [0, 0.1) is 6.92 Å². The second-order valence-corrected chi connectivity index (χ2v) is 8.47. The average molecular weight is 395 g/mol. The Morgan fingerprint density at radius 1 is 1.30 bits per heavy atom. The molecule has 0 saturated carbocycles. The lowest BCUT2D eigenvalue weighted by molar-refractivity contribution is -0.136. The first-order valence-electron chi connectivity index (χ1n) is 9.78. The molecule has 0 unspecified atom stereocenters. The van der Waals surface area contributed by atoms with Gasteiger partial charge in [-0.05, 0) is 33.2 Å². The SMILES string of the molecule is Cc1nc(CCC(=O)NC[C@@H]2CC[C@H](CC(=O)N3CCOCC3)N2C)cs1. The van der Waals surface area contributed by atoms with Gasteiger partial charge in [-0.25, -0.2) is 4.98 Å². The van der Waals surface area contributed by atoms with Gasteiger partial charge in [-0.2, -0.15) is 0 Å². The zero-order chi connectivity index (χ0) is 19.2. The van der Waals surface area contributed by atoms with Gasteiger partial charge in [0.2, 0.25) is 11.8 Å². The molecule has 0 radical (unpaired) electrons. The van der Waals surface area contributed by atoms with Crippen LogP contribution in [-0.2, 0) is 20.7 Å². The molecule has 1 aromatic heterocycles. The standard InChI is InChI=1S/C19H30N4O3S/c1-14-21-15(13-27-14)3-6-18(24)20-12-17-5-4-16(22(17)2)11-19(25)23-7-9-26-10-8-23/h13,16-17H,3-12H2,1-2H3,(H,20,24)/t16-,17+/m1/s1. The van der Waals surface area contributed by atoms with Crippen LogP contribution in [0.2, 0.25) is 0 Å². The highest BCUT2D eigenvalue weighted by Gasteiger charge is 2.33. The second kappa shape index (κ2) is 9.61. The van der Waals surface area contributed by atoms with Gasteiger partial charge in [0.05, 0.1) is 23.9 Å². The first-order valence-corrected chi connectivity index (χ1v) is 10.7. The summed E-state index contributed by atoms with van der Waals surface area (Å²) < 4.78 is 5.31. The van der Waals surface area contributed by atoms with E-state index in [-0.39, 0.29) is 17.9 Å². The molecular formula is C19H30N4O3S. The van der Waals surface area contributed by atoms with E-state index in [1.165, 1.54) is 0 Å². The second-order valence-electron chi connectivity index (χ2n) is 7.41. The summed E-state index contributed by atoms with van der Waals surface area (Å²) in [7, 11) is 2.07. The van der Waals surface area contributed by atoms with E-state index < -0.39 is 0 Å². The number of aromatic nitrogens is 1. The maximum Gasteiger partial charge on any atom is 0.224 e. The monoisotopic (exact) mass is 394 g/mol. The Bertz CT molecular complexity index is 645. The van der Waals surface area contributed by atoms with Gasteiger partial charge in [0.15, 0.2) is 0 Å². The molecule has 2 aliphatic heterocycles. The fourth-order valence-corrected chi connectivity index (χ4v) is 4.46. The van der Waals surface area contributed by atoms with Crippen LogP contribution < -0.4 is 5.32 Å². The third-order valence-corrected chi connectivity index (χ3v) is 6.39. The van der Waals surface area contributed by atoms with Gasteiger partial charge in [0, 0.05) is 49.9 Å². The minimum absolute atomic E-state index is 0.0712. The summed E-state index contributed by atoms with van der Waals surface area (Å²) in [4.78, 5) is 33.2. The first-order chi connectivity index (χ1) is 13.0. The molecule has 0 spiro atoms. The molecule has 0 bridgehead atoms. The van der Waals surface area contributed by atoms with E-state index in [4.69, 9.17) is 4.74 Å². The number of hydrogen-bond acceptors (Lipinski definition) is 6. The minimum Gasteiger partial charge on any atom is -0.378 e. The van der Waals surface area contributed by atoms with E-state index in [1.54, 1.807) is 11.3 Å². The number of carbonyl (C=O) groups is 2. The number of likely N-dealkylation sites (tertiary alicyclic amines) is 1. The van der Waals surface area contributed by atoms with Crippen molar-refractivity contribution >= 4 is 23.2 Å². The van der Waals surface area contributed by atoms with Gasteiger partial charge in [-0.15, -0.1) is 11.3 Å². The Morgan fingerprint density at radius 3 is 2.74 bits per heavy atom. The zero-order valence-electron chi connectivity index (χ0n) is 16.3. The number of likely N-dealkylation sites (N-methyl/N-ethyl adjacent to an activating group) is 1. The molecule has 2 amide bonds. The number of nitrogens with one attached hydrogen (secondary N) is 1. The molecule has 3 rings (SSSR count). The molecule has 2 atom stereocenters. The molecule has 2 saturated heterocycles. The number of hydrogen-bond donors (Lipinski definition) is 1. The van der Waals surface area contributed by atoms with Crippen molar-refractivity contribution in [3.05, 3.63) is 16.1 Å². The lowest BCUT2D eigenvalue weighted by Gasteiger charge is -2.30. The fraction of sp³-hybridized carbons (Fsp3) is 0.737. The molecule has 3 heterocycles. The molecule has 2 fully saturated rings. The summed E-state index contributed by atoms with van der Waals surface area (Å²) in [5.41, 5.74) is 0.993. The fourth-order valence-electron chi connectivity index (χ4n) is 3.81. The molecule has 27 heavy (non-hydrogen) atoms. The summed E-state index contributed by atoms with van der Waals surface area (Å²) in [5.74, 6) is 0.292. The number of amides is 2. The topological polar surface area (TPSA) is 74.8 Å². The highest BCUT2D eigenvalue weighted by molar-refractivity contribution is 7.09. The third kappa shape index (κ3) is 5.73. The smallest absolute Gasteiger partial charge is 0.224 e. The van der Waals surface area contributed by atoms with Crippen molar-refractivity contribution in [3.8, 4) is 0 Å². The molecule has 0 aromatic carbocycles.